The van der Waals surface area contributed by atoms with Crippen LogP contribution in [-0.2, 0) is 19.1 Å². The molecule has 1 aliphatic heterocycles. The third-order valence-corrected chi connectivity index (χ3v) is 11.0. The monoisotopic (exact) mass is 460 g/mol. The van der Waals surface area contributed by atoms with Crippen molar-refractivity contribution in [3.8, 4) is 0 Å². The maximum atomic E-state index is 13.2. The van der Waals surface area contributed by atoms with Crippen molar-refractivity contribution >= 4 is 17.7 Å². The van der Waals surface area contributed by atoms with Gasteiger partial charge in [-0.15, -0.1) is 0 Å². The lowest BCUT2D eigenvalue weighted by atomic mass is 9.38. The summed E-state index contributed by atoms with van der Waals surface area (Å²) in [5.74, 6) is -2.33. The third-order valence-electron chi connectivity index (χ3n) is 11.0. The van der Waals surface area contributed by atoms with Gasteiger partial charge >= 0.3 is 11.9 Å². The van der Waals surface area contributed by atoms with E-state index in [0.717, 1.165) is 5.57 Å². The van der Waals surface area contributed by atoms with Crippen LogP contribution in [0.25, 0.3) is 0 Å². The van der Waals surface area contributed by atoms with E-state index in [4.69, 9.17) is 4.74 Å². The van der Waals surface area contributed by atoms with Crippen LogP contribution < -0.4 is 0 Å². The number of fused-ring (bicyclic) bond motifs is 3. The van der Waals surface area contributed by atoms with Crippen molar-refractivity contribution in [1.29, 1.82) is 0 Å². The molecule has 1 unspecified atom stereocenters. The lowest BCUT2D eigenvalue weighted by molar-refractivity contribution is -0.187. The second-order valence-electron chi connectivity index (χ2n) is 12.2. The van der Waals surface area contributed by atoms with E-state index in [9.17, 15) is 29.7 Å². The molecule has 8 atom stereocenters. The second-order valence-corrected chi connectivity index (χ2v) is 12.2. The Labute approximate surface area is 194 Å². The van der Waals surface area contributed by atoms with Gasteiger partial charge in [0.05, 0.1) is 17.1 Å². The van der Waals surface area contributed by atoms with E-state index in [-0.39, 0.29) is 42.5 Å². The first-order valence-electron chi connectivity index (χ1n) is 12.4. The van der Waals surface area contributed by atoms with E-state index >= 15 is 0 Å². The summed E-state index contributed by atoms with van der Waals surface area (Å²) in [4.78, 5) is 36.9. The first-order chi connectivity index (χ1) is 15.3. The minimum Gasteiger partial charge on any atom is -0.481 e. The molecule has 0 aromatic heterocycles. The van der Waals surface area contributed by atoms with Crippen LogP contribution in [0.2, 0.25) is 0 Å². The number of aliphatic carboxylic acids is 2. The third kappa shape index (κ3) is 2.56. The topological polar surface area (TPSA) is 124 Å². The highest BCUT2D eigenvalue weighted by atomic mass is 16.6. The van der Waals surface area contributed by atoms with Gasteiger partial charge in [0.25, 0.3) is 0 Å². The molecule has 1 saturated heterocycles. The number of carboxylic acids is 2. The number of epoxide rings is 1. The van der Waals surface area contributed by atoms with Gasteiger partial charge in [-0.3, -0.25) is 14.4 Å². The molecule has 3 N–H and O–H groups in total. The van der Waals surface area contributed by atoms with Crippen molar-refractivity contribution in [2.75, 3.05) is 0 Å². The Kier molecular flexibility index (Phi) is 4.67. The zero-order chi connectivity index (χ0) is 24.2. The molecule has 0 aromatic rings. The molecule has 3 saturated carbocycles. The Hall–Kier alpha value is -1.73. The smallest absolute Gasteiger partial charge is 0.310 e. The molecule has 33 heavy (non-hydrogen) atoms. The molecule has 0 bridgehead atoms. The van der Waals surface area contributed by atoms with Crippen molar-refractivity contribution in [3.05, 3.63) is 11.6 Å². The Morgan fingerprint density at radius 3 is 2.52 bits per heavy atom. The van der Waals surface area contributed by atoms with Gasteiger partial charge in [0, 0.05) is 29.6 Å². The number of aliphatic hydroxyl groups is 1. The summed E-state index contributed by atoms with van der Waals surface area (Å²) in [6.45, 7) is 8.08. The summed E-state index contributed by atoms with van der Waals surface area (Å²) in [5.41, 5.74) is -3.01. The van der Waals surface area contributed by atoms with Crippen LogP contribution in [0.3, 0.4) is 0 Å². The van der Waals surface area contributed by atoms with Crippen LogP contribution in [0.1, 0.15) is 79.1 Å². The Balaban J connectivity index is 1.68. The molecule has 5 aliphatic rings. The summed E-state index contributed by atoms with van der Waals surface area (Å²) in [6, 6.07) is 0. The van der Waals surface area contributed by atoms with E-state index in [1.807, 2.05) is 20.8 Å². The highest BCUT2D eigenvalue weighted by Crippen LogP contribution is 2.80. The summed E-state index contributed by atoms with van der Waals surface area (Å²) >= 11 is 0. The molecular weight excluding hydrogens is 424 g/mol. The molecule has 4 fully saturated rings. The molecule has 4 aliphatic carbocycles. The standard InChI is InChI=1S/C26H36O7/c1-14(2)25(21(30)31)12-15-11-16(27)5-8-22(15,3)26-18(33-26)13-23(4)17(20(25)26)6-9-24(23,32)10-7-19(28)29/h11,14,17-18,20,32H,5-10,12-13H2,1-4H3,(H,28,29)(H,30,31)/t17-,18-,20+,22-,23-,24-,25+,26?/m0/s1. The van der Waals surface area contributed by atoms with Crippen LogP contribution in [0.5, 0.6) is 0 Å². The fourth-order valence-corrected chi connectivity index (χ4v) is 8.96. The minimum atomic E-state index is -1.16. The van der Waals surface area contributed by atoms with Gasteiger partial charge in [-0.05, 0) is 56.4 Å². The Morgan fingerprint density at radius 2 is 1.91 bits per heavy atom. The number of hydrogen-bond donors (Lipinski definition) is 3. The molecule has 7 heteroatoms. The molecule has 0 radical (unpaired) electrons. The zero-order valence-electron chi connectivity index (χ0n) is 20.0. The van der Waals surface area contributed by atoms with E-state index in [1.165, 1.54) is 0 Å². The quantitative estimate of drug-likeness (QED) is 0.536. The molecule has 7 nitrogen and oxygen atoms in total. The number of carboxylic acid groups (broad SMARTS) is 2. The predicted molar refractivity (Wildman–Crippen MR) is 118 cm³/mol. The second kappa shape index (κ2) is 6.69. The molecule has 182 valence electrons. The summed E-state index contributed by atoms with van der Waals surface area (Å²) < 4.78 is 6.61. The van der Waals surface area contributed by atoms with Crippen LogP contribution in [-0.4, -0.2) is 50.3 Å². The van der Waals surface area contributed by atoms with Crippen LogP contribution in [0.4, 0.5) is 0 Å². The van der Waals surface area contributed by atoms with Gasteiger partial charge in [-0.2, -0.15) is 0 Å². The average Bonchev–Trinajstić information content (AvgIpc) is 3.38. The predicted octanol–water partition coefficient (Wildman–Crippen LogP) is 3.58. The maximum absolute atomic E-state index is 13.2. The molecule has 1 heterocycles. The van der Waals surface area contributed by atoms with Gasteiger partial charge in [-0.25, -0.2) is 0 Å². The maximum Gasteiger partial charge on any atom is 0.310 e. The number of carbonyl (C=O) groups is 3. The lowest BCUT2D eigenvalue weighted by Crippen LogP contribution is -2.68. The lowest BCUT2D eigenvalue weighted by Gasteiger charge is -2.63. The van der Waals surface area contributed by atoms with Crippen molar-refractivity contribution in [2.45, 2.75) is 96.4 Å². The molecule has 0 amide bonds. The average molecular weight is 461 g/mol. The van der Waals surface area contributed by atoms with Crippen LogP contribution >= 0.6 is 0 Å². The number of carbonyl (C=O) groups excluding carboxylic acids is 1. The summed E-state index contributed by atoms with van der Waals surface area (Å²) in [5, 5.41) is 31.8. The zero-order valence-corrected chi connectivity index (χ0v) is 20.0. The van der Waals surface area contributed by atoms with Gasteiger partial charge in [-0.1, -0.05) is 33.3 Å². The largest absolute Gasteiger partial charge is 0.481 e. The molecule has 5 rings (SSSR count). The molecule has 0 aromatic carbocycles. The first-order valence-corrected chi connectivity index (χ1v) is 12.4. The minimum absolute atomic E-state index is 0.0575. The summed E-state index contributed by atoms with van der Waals surface area (Å²) in [7, 11) is 0. The Morgan fingerprint density at radius 1 is 1.21 bits per heavy atom. The van der Waals surface area contributed by atoms with E-state index in [1.54, 1.807) is 6.08 Å². The van der Waals surface area contributed by atoms with Gasteiger partial charge in [0.2, 0.25) is 0 Å². The number of ketones is 1. The number of rotatable bonds is 5. The Bertz CT molecular complexity index is 970. The van der Waals surface area contributed by atoms with E-state index < -0.39 is 39.4 Å². The van der Waals surface area contributed by atoms with Gasteiger partial charge in [0.15, 0.2) is 5.78 Å². The van der Waals surface area contributed by atoms with Gasteiger partial charge in [0.1, 0.15) is 5.60 Å². The highest BCUT2D eigenvalue weighted by molar-refractivity contribution is 5.92. The van der Waals surface area contributed by atoms with Crippen molar-refractivity contribution in [1.82, 2.24) is 0 Å². The molecular formula is C26H36O7. The number of ether oxygens (including phenoxy) is 1. The van der Waals surface area contributed by atoms with Crippen molar-refractivity contribution in [2.24, 2.45) is 34.0 Å². The van der Waals surface area contributed by atoms with Crippen molar-refractivity contribution in [3.63, 3.8) is 0 Å². The number of hydrogen-bond acceptors (Lipinski definition) is 5. The van der Waals surface area contributed by atoms with Crippen molar-refractivity contribution < 1.29 is 34.4 Å². The normalized spacial score (nSPS) is 50.1. The highest BCUT2D eigenvalue weighted by Gasteiger charge is 2.85. The van der Waals surface area contributed by atoms with Gasteiger partial charge < -0.3 is 20.1 Å². The van der Waals surface area contributed by atoms with Crippen LogP contribution in [0.15, 0.2) is 11.6 Å². The molecule has 1 spiro atoms. The van der Waals surface area contributed by atoms with E-state index in [0.29, 0.717) is 38.5 Å². The van der Waals surface area contributed by atoms with Crippen LogP contribution in [0, 0.1) is 34.0 Å². The fraction of sp³-hybridized carbons (Fsp3) is 0.808. The fourth-order valence-electron chi connectivity index (χ4n) is 8.96. The SMILES string of the molecule is CC(C)[C@]1(C(=O)O)CC2=CC(=O)CC[C@]2(C)C23O[C@H]2C[C@@]2(C)[C@@H](CC[C@]2(O)CCC(=O)O)[C@@H]31. The van der Waals surface area contributed by atoms with E-state index in [2.05, 4.69) is 6.92 Å². The first kappa shape index (κ1) is 23.0. The summed E-state index contributed by atoms with van der Waals surface area (Å²) in [6.07, 6.45) is 4.71.